The Morgan fingerprint density at radius 3 is 2.76 bits per heavy atom. The number of H-pyrrole nitrogens is 1. The number of nitrogens with zero attached hydrogens (tertiary/aromatic N) is 2. The first-order valence-corrected chi connectivity index (χ1v) is 5.98. The molecule has 1 aliphatic rings. The van der Waals surface area contributed by atoms with Gasteiger partial charge in [0, 0.05) is 19.7 Å². The average molecular weight is 235 g/mol. The Morgan fingerprint density at radius 1 is 1.47 bits per heavy atom. The van der Waals surface area contributed by atoms with Crippen LogP contribution in [0.4, 0.5) is 0 Å². The van der Waals surface area contributed by atoms with Gasteiger partial charge >= 0.3 is 0 Å². The fourth-order valence-corrected chi connectivity index (χ4v) is 2.32. The monoisotopic (exact) mass is 235 g/mol. The molecule has 5 nitrogen and oxygen atoms in total. The topological polar surface area (TPSA) is 66.1 Å². The molecule has 1 aromatic heterocycles. The van der Waals surface area contributed by atoms with Crippen LogP contribution < -0.4 is 5.56 Å². The lowest BCUT2D eigenvalue weighted by Gasteiger charge is -2.20. The molecule has 0 saturated heterocycles. The molecule has 1 amide bonds. The molecular weight excluding hydrogens is 218 g/mol. The van der Waals surface area contributed by atoms with Crippen molar-refractivity contribution in [2.45, 2.75) is 25.7 Å². The molecule has 92 valence electrons. The first-order chi connectivity index (χ1) is 8.16. The Bertz CT molecular complexity index is 429. The molecule has 1 saturated carbocycles. The summed E-state index contributed by atoms with van der Waals surface area (Å²) in [5.41, 5.74) is 0.00472. The first-order valence-electron chi connectivity index (χ1n) is 5.98. The van der Waals surface area contributed by atoms with Gasteiger partial charge in [0.25, 0.3) is 11.5 Å². The highest BCUT2D eigenvalue weighted by Gasteiger charge is 2.20. The molecule has 1 heterocycles. The number of amides is 1. The first kappa shape index (κ1) is 11.8. The lowest BCUT2D eigenvalue weighted by molar-refractivity contribution is 0.0766. The second kappa shape index (κ2) is 5.12. The van der Waals surface area contributed by atoms with E-state index in [-0.39, 0.29) is 11.5 Å². The van der Waals surface area contributed by atoms with Gasteiger partial charge in [-0.15, -0.1) is 0 Å². The molecule has 1 N–H and O–H groups in total. The quantitative estimate of drug-likeness (QED) is 0.851. The lowest BCUT2D eigenvalue weighted by Crippen LogP contribution is -2.32. The van der Waals surface area contributed by atoms with E-state index in [4.69, 9.17) is 0 Å². The van der Waals surface area contributed by atoms with Crippen molar-refractivity contribution < 1.29 is 4.79 Å². The molecule has 0 bridgehead atoms. The Labute approximate surface area is 99.8 Å². The van der Waals surface area contributed by atoms with Crippen LogP contribution in [0.25, 0.3) is 0 Å². The summed E-state index contributed by atoms with van der Waals surface area (Å²) in [7, 11) is 1.79. The predicted molar refractivity (Wildman–Crippen MR) is 63.8 cm³/mol. The van der Waals surface area contributed by atoms with Gasteiger partial charge in [-0.25, -0.2) is 5.10 Å². The van der Waals surface area contributed by atoms with Gasteiger partial charge in [-0.05, 0) is 24.8 Å². The zero-order valence-electron chi connectivity index (χ0n) is 9.98. The summed E-state index contributed by atoms with van der Waals surface area (Å²) in [6, 6.07) is 2.79. The minimum atomic E-state index is -0.292. The highest BCUT2D eigenvalue weighted by Crippen LogP contribution is 2.25. The minimum Gasteiger partial charge on any atom is -0.340 e. The van der Waals surface area contributed by atoms with Gasteiger partial charge in [-0.2, -0.15) is 5.10 Å². The Kier molecular flexibility index (Phi) is 3.56. The van der Waals surface area contributed by atoms with Gasteiger partial charge in [0.15, 0.2) is 0 Å². The van der Waals surface area contributed by atoms with Gasteiger partial charge < -0.3 is 4.90 Å². The van der Waals surface area contributed by atoms with Crippen molar-refractivity contribution in [1.82, 2.24) is 15.1 Å². The molecule has 17 heavy (non-hydrogen) atoms. The largest absolute Gasteiger partial charge is 0.340 e. The number of rotatable bonds is 3. The summed E-state index contributed by atoms with van der Waals surface area (Å²) < 4.78 is 0. The lowest BCUT2D eigenvalue weighted by atomic mass is 10.1. The Morgan fingerprint density at radius 2 is 2.18 bits per heavy atom. The molecule has 1 fully saturated rings. The van der Waals surface area contributed by atoms with Crippen molar-refractivity contribution in [2.75, 3.05) is 13.6 Å². The smallest absolute Gasteiger partial charge is 0.274 e. The van der Waals surface area contributed by atoms with Crippen LogP contribution >= 0.6 is 0 Å². The second-order valence-electron chi connectivity index (χ2n) is 4.64. The van der Waals surface area contributed by atoms with E-state index in [2.05, 4.69) is 10.2 Å². The number of nitrogens with one attached hydrogen (secondary N) is 1. The highest BCUT2D eigenvalue weighted by atomic mass is 16.2. The third kappa shape index (κ3) is 2.93. The molecule has 0 atom stereocenters. The fourth-order valence-electron chi connectivity index (χ4n) is 2.32. The van der Waals surface area contributed by atoms with Crippen LogP contribution in [-0.4, -0.2) is 34.6 Å². The number of carbonyl (C=O) groups excluding carboxylic acids is 1. The normalized spacial score (nSPS) is 16.1. The summed E-state index contributed by atoms with van der Waals surface area (Å²) in [6.07, 6.45) is 4.94. The van der Waals surface area contributed by atoms with E-state index >= 15 is 0 Å². The van der Waals surface area contributed by atoms with E-state index in [1.54, 1.807) is 11.9 Å². The van der Waals surface area contributed by atoms with Gasteiger partial charge in [0.1, 0.15) is 5.69 Å². The number of carbonyl (C=O) groups is 1. The van der Waals surface area contributed by atoms with Crippen molar-refractivity contribution in [2.24, 2.45) is 5.92 Å². The zero-order chi connectivity index (χ0) is 12.3. The van der Waals surface area contributed by atoms with Crippen molar-refractivity contribution >= 4 is 5.91 Å². The molecule has 0 aromatic carbocycles. The molecule has 5 heteroatoms. The Balaban J connectivity index is 1.98. The molecule has 0 radical (unpaired) electrons. The molecular formula is C12H17N3O2. The fraction of sp³-hybridized carbons (Fsp3) is 0.583. The van der Waals surface area contributed by atoms with Crippen molar-refractivity contribution in [3.05, 3.63) is 28.2 Å². The SMILES string of the molecule is CN(CC1CCCC1)C(=O)c1ccc(=O)[nH]n1. The molecule has 1 aromatic rings. The van der Waals surface area contributed by atoms with E-state index < -0.39 is 0 Å². The van der Waals surface area contributed by atoms with E-state index in [0.717, 1.165) is 6.54 Å². The molecule has 0 unspecified atom stereocenters. The number of hydrogen-bond donors (Lipinski definition) is 1. The maximum atomic E-state index is 12.0. The van der Waals surface area contributed by atoms with Gasteiger partial charge in [0.05, 0.1) is 0 Å². The van der Waals surface area contributed by atoms with Crippen LogP contribution in [0.3, 0.4) is 0 Å². The highest BCUT2D eigenvalue weighted by molar-refractivity contribution is 5.91. The third-order valence-electron chi connectivity index (χ3n) is 3.25. The summed E-state index contributed by atoms with van der Waals surface area (Å²) in [4.78, 5) is 24.5. The van der Waals surface area contributed by atoms with Gasteiger partial charge in [-0.3, -0.25) is 9.59 Å². The van der Waals surface area contributed by atoms with Crippen LogP contribution in [0, 0.1) is 5.92 Å². The minimum absolute atomic E-state index is 0.131. The van der Waals surface area contributed by atoms with Crippen LogP contribution in [0.15, 0.2) is 16.9 Å². The van der Waals surface area contributed by atoms with Crippen LogP contribution in [0.1, 0.15) is 36.2 Å². The van der Waals surface area contributed by atoms with Crippen molar-refractivity contribution in [3.8, 4) is 0 Å². The number of hydrogen-bond acceptors (Lipinski definition) is 3. The Hall–Kier alpha value is -1.65. The molecule has 0 aliphatic heterocycles. The van der Waals surface area contributed by atoms with Crippen molar-refractivity contribution in [1.29, 1.82) is 0 Å². The number of aromatic nitrogens is 2. The summed E-state index contributed by atoms with van der Waals surface area (Å²) >= 11 is 0. The van der Waals surface area contributed by atoms with Crippen LogP contribution in [-0.2, 0) is 0 Å². The van der Waals surface area contributed by atoms with E-state index in [1.165, 1.54) is 37.8 Å². The van der Waals surface area contributed by atoms with E-state index in [1.807, 2.05) is 0 Å². The van der Waals surface area contributed by atoms with Gasteiger partial charge in [0.2, 0.25) is 0 Å². The summed E-state index contributed by atoms with van der Waals surface area (Å²) in [6.45, 7) is 0.777. The maximum Gasteiger partial charge on any atom is 0.274 e. The number of aromatic amines is 1. The zero-order valence-corrected chi connectivity index (χ0v) is 9.98. The summed E-state index contributed by atoms with van der Waals surface area (Å²) in [5.74, 6) is 0.486. The molecule has 1 aliphatic carbocycles. The van der Waals surface area contributed by atoms with Crippen LogP contribution in [0.5, 0.6) is 0 Å². The average Bonchev–Trinajstić information content (AvgIpc) is 2.82. The maximum absolute atomic E-state index is 12.0. The molecule has 2 rings (SSSR count). The van der Waals surface area contributed by atoms with Gasteiger partial charge in [-0.1, -0.05) is 12.8 Å². The summed E-state index contributed by atoms with van der Waals surface area (Å²) in [5, 5.41) is 6.02. The third-order valence-corrected chi connectivity index (χ3v) is 3.25. The van der Waals surface area contributed by atoms with E-state index in [0.29, 0.717) is 11.6 Å². The van der Waals surface area contributed by atoms with Crippen molar-refractivity contribution in [3.63, 3.8) is 0 Å². The molecule has 0 spiro atoms. The van der Waals surface area contributed by atoms with Crippen LogP contribution in [0.2, 0.25) is 0 Å². The van der Waals surface area contributed by atoms with E-state index in [9.17, 15) is 9.59 Å². The second-order valence-corrected chi connectivity index (χ2v) is 4.64. The predicted octanol–water partition coefficient (Wildman–Crippen LogP) is 1.03. The standard InChI is InChI=1S/C12H17N3O2/c1-15(8-9-4-2-3-5-9)12(17)10-6-7-11(16)14-13-10/h6-7,9H,2-5,8H2,1H3,(H,14,16).